The lowest BCUT2D eigenvalue weighted by Gasteiger charge is -2.34. The predicted octanol–water partition coefficient (Wildman–Crippen LogP) is 3.16. The summed E-state index contributed by atoms with van der Waals surface area (Å²) >= 11 is 1.44. The molecule has 0 bridgehead atoms. The molecule has 164 valence electrons. The van der Waals surface area contributed by atoms with Gasteiger partial charge in [0, 0.05) is 18.7 Å². The molecule has 31 heavy (non-hydrogen) atoms. The number of amides is 1. The van der Waals surface area contributed by atoms with Gasteiger partial charge in [0.25, 0.3) is 5.91 Å². The molecule has 10 heteroatoms. The lowest BCUT2D eigenvalue weighted by atomic mass is 10.2. The summed E-state index contributed by atoms with van der Waals surface area (Å²) in [6.07, 6.45) is -0.331. The van der Waals surface area contributed by atoms with Crippen molar-refractivity contribution >= 4 is 42.6 Å². The first-order chi connectivity index (χ1) is 14.7. The number of anilines is 1. The Morgan fingerprint density at radius 1 is 1.13 bits per heavy atom. The van der Waals surface area contributed by atoms with E-state index < -0.39 is 10.0 Å². The Bertz CT molecular complexity index is 1200. The van der Waals surface area contributed by atoms with E-state index in [1.54, 1.807) is 0 Å². The van der Waals surface area contributed by atoms with Gasteiger partial charge < -0.3 is 4.74 Å². The third-order valence-electron chi connectivity index (χ3n) is 4.97. The van der Waals surface area contributed by atoms with Gasteiger partial charge in [-0.1, -0.05) is 17.4 Å². The average Bonchev–Trinajstić information content (AvgIpc) is 3.13. The molecule has 0 spiro atoms. The van der Waals surface area contributed by atoms with Crippen molar-refractivity contribution in [2.75, 3.05) is 18.5 Å². The Kier molecular flexibility index (Phi) is 5.98. The van der Waals surface area contributed by atoms with Crippen LogP contribution in [0.3, 0.4) is 0 Å². The number of hydrogen-bond acceptors (Lipinski definition) is 7. The van der Waals surface area contributed by atoms with Gasteiger partial charge in [0.2, 0.25) is 15.2 Å². The molecule has 1 saturated heterocycles. The summed E-state index contributed by atoms with van der Waals surface area (Å²) in [7, 11) is -3.65. The molecule has 8 nitrogen and oxygen atoms in total. The Morgan fingerprint density at radius 3 is 2.48 bits per heavy atom. The number of morpholine rings is 1. The molecule has 2 atom stereocenters. The predicted molar refractivity (Wildman–Crippen MR) is 121 cm³/mol. The maximum atomic E-state index is 12.9. The fourth-order valence-corrected chi connectivity index (χ4v) is 6.03. The Hall–Kier alpha value is -2.53. The van der Waals surface area contributed by atoms with E-state index in [1.807, 2.05) is 39.0 Å². The first kappa shape index (κ1) is 21.7. The number of fused-ring (bicyclic) bond motifs is 1. The molecular weight excluding hydrogens is 436 g/mol. The molecule has 0 radical (unpaired) electrons. The van der Waals surface area contributed by atoms with Gasteiger partial charge in [0.1, 0.15) is 0 Å². The van der Waals surface area contributed by atoms with Gasteiger partial charge in [-0.05, 0) is 62.7 Å². The highest BCUT2D eigenvalue weighted by Gasteiger charge is 2.32. The van der Waals surface area contributed by atoms with Crippen molar-refractivity contribution in [3.05, 3.63) is 53.6 Å². The standard InChI is InChI=1S/C21H24N4O4S2/c1-13-4-9-18-19(10-13)30-21(22-18)24-23-20(26)16-5-7-17(8-6-16)31(27,28)25-11-14(2)29-15(3)12-25/h4-10,14-15H,11-12H2,1-3H3,(H,22,24)(H,23,26)/t14-,15-/m0/s1. The number of aryl methyl sites for hydroxylation is 1. The number of sulfonamides is 1. The molecule has 0 aliphatic carbocycles. The van der Waals surface area contributed by atoms with Crippen molar-refractivity contribution in [3.63, 3.8) is 0 Å². The SMILES string of the molecule is Cc1ccc2nc(NNC(=O)c3ccc(S(=O)(=O)N4C[C@H](C)O[C@@H](C)C4)cc3)sc2c1. The average molecular weight is 461 g/mol. The summed E-state index contributed by atoms with van der Waals surface area (Å²) in [4.78, 5) is 17.0. The summed E-state index contributed by atoms with van der Waals surface area (Å²) in [6.45, 7) is 6.33. The number of hydrazine groups is 1. The van der Waals surface area contributed by atoms with Crippen LogP contribution >= 0.6 is 11.3 Å². The highest BCUT2D eigenvalue weighted by molar-refractivity contribution is 7.89. The second-order valence-corrected chi connectivity index (χ2v) is 10.6. The van der Waals surface area contributed by atoms with Crippen LogP contribution in [0, 0.1) is 6.92 Å². The minimum Gasteiger partial charge on any atom is -0.373 e. The zero-order valence-electron chi connectivity index (χ0n) is 17.5. The molecule has 1 aliphatic rings. The third kappa shape index (κ3) is 4.72. The van der Waals surface area contributed by atoms with Gasteiger partial charge in [-0.15, -0.1) is 0 Å². The molecule has 3 aromatic rings. The number of benzene rings is 2. The summed E-state index contributed by atoms with van der Waals surface area (Å²) in [5.74, 6) is -0.381. The van der Waals surface area contributed by atoms with Gasteiger partial charge in [-0.2, -0.15) is 4.31 Å². The van der Waals surface area contributed by atoms with E-state index in [4.69, 9.17) is 4.74 Å². The van der Waals surface area contributed by atoms with Crippen molar-refractivity contribution in [3.8, 4) is 0 Å². The minimum absolute atomic E-state index is 0.153. The normalized spacial score (nSPS) is 20.0. The molecule has 2 aromatic carbocycles. The van der Waals surface area contributed by atoms with E-state index in [2.05, 4.69) is 15.8 Å². The number of carbonyl (C=O) groups is 1. The molecule has 2 N–H and O–H groups in total. The molecule has 1 aromatic heterocycles. The van der Waals surface area contributed by atoms with Crippen LogP contribution in [0.25, 0.3) is 10.2 Å². The van der Waals surface area contributed by atoms with Gasteiger partial charge in [-0.3, -0.25) is 15.6 Å². The van der Waals surface area contributed by atoms with Crippen molar-refractivity contribution < 1.29 is 17.9 Å². The summed E-state index contributed by atoms with van der Waals surface area (Å²) < 4.78 is 33.9. The molecule has 0 unspecified atom stereocenters. The smallest absolute Gasteiger partial charge is 0.269 e. The van der Waals surface area contributed by atoms with Crippen LogP contribution in [0.1, 0.15) is 29.8 Å². The maximum absolute atomic E-state index is 12.9. The summed E-state index contributed by atoms with van der Waals surface area (Å²) in [5.41, 5.74) is 7.77. The van der Waals surface area contributed by atoms with Crippen molar-refractivity contribution in [1.29, 1.82) is 0 Å². The monoisotopic (exact) mass is 460 g/mol. The van der Waals surface area contributed by atoms with Crippen LogP contribution in [0.5, 0.6) is 0 Å². The highest BCUT2D eigenvalue weighted by atomic mass is 32.2. The summed E-state index contributed by atoms with van der Waals surface area (Å²) in [6, 6.07) is 11.9. The third-order valence-corrected chi connectivity index (χ3v) is 7.75. The molecule has 1 fully saturated rings. The number of nitrogens with one attached hydrogen (secondary N) is 2. The van der Waals surface area contributed by atoms with Crippen LogP contribution in [0.4, 0.5) is 5.13 Å². The van der Waals surface area contributed by atoms with Crippen molar-refractivity contribution in [1.82, 2.24) is 14.7 Å². The second-order valence-electron chi connectivity index (χ2n) is 7.67. The lowest BCUT2D eigenvalue weighted by Crippen LogP contribution is -2.48. The highest BCUT2D eigenvalue weighted by Crippen LogP contribution is 2.26. The Labute approximate surface area is 185 Å². The minimum atomic E-state index is -3.65. The van der Waals surface area contributed by atoms with E-state index in [9.17, 15) is 13.2 Å². The molecule has 4 rings (SSSR count). The summed E-state index contributed by atoms with van der Waals surface area (Å²) in [5, 5.41) is 0.573. The van der Waals surface area contributed by atoms with Crippen LogP contribution in [0.15, 0.2) is 47.4 Å². The number of thiazole rings is 1. The zero-order chi connectivity index (χ0) is 22.2. The Morgan fingerprint density at radius 2 is 1.81 bits per heavy atom. The largest absolute Gasteiger partial charge is 0.373 e. The quantitative estimate of drug-likeness (QED) is 0.568. The number of nitrogens with zero attached hydrogens (tertiary/aromatic N) is 2. The number of hydrogen-bond donors (Lipinski definition) is 2. The molecule has 2 heterocycles. The second kappa shape index (κ2) is 8.54. The van der Waals surface area contributed by atoms with Crippen LogP contribution in [-0.2, 0) is 14.8 Å². The number of rotatable bonds is 5. The number of carbonyl (C=O) groups excluding carboxylic acids is 1. The number of aromatic nitrogens is 1. The zero-order valence-corrected chi connectivity index (χ0v) is 19.1. The van der Waals surface area contributed by atoms with E-state index in [0.717, 1.165) is 15.8 Å². The van der Waals surface area contributed by atoms with Crippen molar-refractivity contribution in [2.45, 2.75) is 37.9 Å². The molecular formula is C21H24N4O4S2. The topological polar surface area (TPSA) is 101 Å². The van der Waals surface area contributed by atoms with E-state index in [-0.39, 0.29) is 23.0 Å². The fourth-order valence-electron chi connectivity index (χ4n) is 3.52. The van der Waals surface area contributed by atoms with Crippen molar-refractivity contribution in [2.24, 2.45) is 0 Å². The molecule has 1 aliphatic heterocycles. The van der Waals surface area contributed by atoms with Crippen LogP contribution < -0.4 is 10.9 Å². The van der Waals surface area contributed by atoms with E-state index in [1.165, 1.54) is 39.9 Å². The first-order valence-corrected chi connectivity index (χ1v) is 12.2. The molecule has 0 saturated carbocycles. The Balaban J connectivity index is 1.42. The van der Waals surface area contributed by atoms with Gasteiger partial charge in [0.15, 0.2) is 0 Å². The lowest BCUT2D eigenvalue weighted by molar-refractivity contribution is -0.0440. The first-order valence-electron chi connectivity index (χ1n) is 9.91. The van der Waals surface area contributed by atoms with Gasteiger partial charge in [-0.25, -0.2) is 13.4 Å². The van der Waals surface area contributed by atoms with Crippen LogP contribution in [-0.4, -0.2) is 48.9 Å². The van der Waals surface area contributed by atoms with Gasteiger partial charge in [0.05, 0.1) is 27.3 Å². The maximum Gasteiger partial charge on any atom is 0.269 e. The number of ether oxygens (including phenoxy) is 1. The van der Waals surface area contributed by atoms with E-state index in [0.29, 0.717) is 23.8 Å². The fraction of sp³-hybridized carbons (Fsp3) is 0.333. The molecule has 1 amide bonds. The van der Waals surface area contributed by atoms with E-state index >= 15 is 0 Å². The van der Waals surface area contributed by atoms with Crippen LogP contribution in [0.2, 0.25) is 0 Å². The van der Waals surface area contributed by atoms with Gasteiger partial charge >= 0.3 is 0 Å².